The van der Waals surface area contributed by atoms with Crippen LogP contribution in [0.15, 0.2) is 70.5 Å². The molecule has 0 heterocycles. The lowest BCUT2D eigenvalue weighted by molar-refractivity contribution is -0.114. The molecule has 5 aliphatic rings. The predicted octanol–water partition coefficient (Wildman–Crippen LogP) is 8.12. The Bertz CT molecular complexity index is 1320. The number of fused-ring (bicyclic) bond motifs is 7. The molecule has 1 aromatic carbocycles. The number of anilines is 1. The molecule has 0 radical (unpaired) electrons. The number of aliphatic hydroxyl groups is 1. The molecule has 6 rings (SSSR count). The van der Waals surface area contributed by atoms with Crippen LogP contribution in [0, 0.1) is 34.0 Å². The Morgan fingerprint density at radius 2 is 1.73 bits per heavy atom. The van der Waals surface area contributed by atoms with Crippen molar-refractivity contribution >= 4 is 17.9 Å². The lowest BCUT2D eigenvalue weighted by atomic mass is 9.40. The molecule has 6 atom stereocenters. The van der Waals surface area contributed by atoms with Crippen LogP contribution >= 0.6 is 0 Å². The minimum Gasteiger partial charge on any atom is -0.504 e. The predicted molar refractivity (Wildman–Crippen MR) is 160 cm³/mol. The van der Waals surface area contributed by atoms with Crippen molar-refractivity contribution in [3.8, 4) is 5.75 Å². The number of carbonyl (C=O) groups excluding carboxylic acids is 2. The number of methoxy groups -OCH3 is 1. The quantitative estimate of drug-likeness (QED) is 0.378. The second-order valence-electron chi connectivity index (χ2n) is 13.6. The Morgan fingerprint density at radius 3 is 2.40 bits per heavy atom. The number of nitrogens with one attached hydrogen (secondary N) is 1. The first kappa shape index (κ1) is 28.4. The van der Waals surface area contributed by atoms with E-state index in [0.717, 1.165) is 52.3 Å². The highest BCUT2D eigenvalue weighted by molar-refractivity contribution is 6.06. The molecule has 3 saturated carbocycles. The van der Waals surface area contributed by atoms with Crippen LogP contribution in [0.3, 0.4) is 0 Å². The van der Waals surface area contributed by atoms with Gasteiger partial charge < -0.3 is 15.2 Å². The van der Waals surface area contributed by atoms with Crippen molar-refractivity contribution in [2.24, 2.45) is 34.0 Å². The van der Waals surface area contributed by atoms with E-state index in [0.29, 0.717) is 11.8 Å². The third-order valence-corrected chi connectivity index (χ3v) is 11.3. The highest BCUT2D eigenvalue weighted by Crippen LogP contribution is 2.69. The summed E-state index contributed by atoms with van der Waals surface area (Å²) in [5.41, 5.74) is 5.94. The van der Waals surface area contributed by atoms with E-state index in [1.165, 1.54) is 38.5 Å². The van der Waals surface area contributed by atoms with Gasteiger partial charge in [-0.1, -0.05) is 51.8 Å². The number of aliphatic hydroxyl groups excluding tert-OH is 1. The van der Waals surface area contributed by atoms with Crippen molar-refractivity contribution in [3.63, 3.8) is 0 Å². The summed E-state index contributed by atoms with van der Waals surface area (Å²) in [6.07, 6.45) is 16.1. The molecule has 0 aliphatic heterocycles. The van der Waals surface area contributed by atoms with Gasteiger partial charge >= 0.3 is 0 Å². The molecule has 6 unspecified atom stereocenters. The molecule has 5 heteroatoms. The Kier molecular flexibility index (Phi) is 7.39. The van der Waals surface area contributed by atoms with Crippen molar-refractivity contribution < 1.29 is 19.4 Å². The summed E-state index contributed by atoms with van der Waals surface area (Å²) in [5, 5.41) is 12.7. The van der Waals surface area contributed by atoms with Gasteiger partial charge in [-0.3, -0.25) is 9.59 Å². The maximum Gasteiger partial charge on any atom is 0.220 e. The number of ether oxygens (including phenoxy) is 1. The van der Waals surface area contributed by atoms with Gasteiger partial charge in [0.2, 0.25) is 12.2 Å². The second-order valence-corrected chi connectivity index (χ2v) is 13.6. The van der Waals surface area contributed by atoms with Crippen LogP contribution in [0.4, 0.5) is 5.69 Å². The number of ketones is 1. The second kappa shape index (κ2) is 10.4. The van der Waals surface area contributed by atoms with Gasteiger partial charge in [-0.05, 0) is 116 Å². The SMILES string of the molecule is CC1=C(O)C(=O)C=C2C1=CC=C1C2(C)CCC2C3CC(C)CCC3(C)CCC12C.COc1ccc(NC=O)cc1. The van der Waals surface area contributed by atoms with Gasteiger partial charge in [-0.2, -0.15) is 0 Å². The van der Waals surface area contributed by atoms with Crippen LogP contribution in [0.25, 0.3) is 0 Å². The van der Waals surface area contributed by atoms with E-state index in [4.69, 9.17) is 4.74 Å². The summed E-state index contributed by atoms with van der Waals surface area (Å²) in [7, 11) is 1.60. The molecule has 0 aromatic heterocycles. The highest BCUT2D eigenvalue weighted by atomic mass is 16.5. The first-order valence-corrected chi connectivity index (χ1v) is 14.9. The topological polar surface area (TPSA) is 75.6 Å². The van der Waals surface area contributed by atoms with Crippen molar-refractivity contribution in [2.75, 3.05) is 12.4 Å². The third kappa shape index (κ3) is 4.55. The highest BCUT2D eigenvalue weighted by Gasteiger charge is 2.60. The number of carbonyl (C=O) groups is 2. The zero-order valence-corrected chi connectivity index (χ0v) is 25.0. The van der Waals surface area contributed by atoms with Gasteiger partial charge in [0, 0.05) is 16.7 Å². The van der Waals surface area contributed by atoms with Crippen molar-refractivity contribution in [3.05, 3.63) is 70.5 Å². The number of hydrogen-bond acceptors (Lipinski definition) is 4. The number of benzene rings is 1. The van der Waals surface area contributed by atoms with Gasteiger partial charge in [0.05, 0.1) is 7.11 Å². The fourth-order valence-corrected chi connectivity index (χ4v) is 8.83. The van der Waals surface area contributed by atoms with Crippen LogP contribution in [-0.4, -0.2) is 24.4 Å². The van der Waals surface area contributed by atoms with E-state index in [1.54, 1.807) is 43.0 Å². The van der Waals surface area contributed by atoms with Gasteiger partial charge in [-0.25, -0.2) is 0 Å². The molecule has 214 valence electrons. The molecule has 5 aliphatic carbocycles. The van der Waals surface area contributed by atoms with E-state index in [2.05, 4.69) is 45.2 Å². The molecule has 5 nitrogen and oxygen atoms in total. The standard InChI is InChI=1S/C27H36O2.C8H9NO2/c1-16-8-10-25(3)12-13-27(5)19(21(25)14-16)9-11-26(4)20-15-22(28)24(29)17(2)18(20)6-7-23(26)27;1-11-8-4-2-7(3-5-8)9-6-10/h6-7,15-16,19,21,29H,8-14H2,1-5H3;2-6H,1H3,(H,9,10). The summed E-state index contributed by atoms with van der Waals surface area (Å²) in [6.45, 7) is 11.8. The zero-order valence-electron chi connectivity index (χ0n) is 25.0. The van der Waals surface area contributed by atoms with E-state index in [-0.39, 0.29) is 22.4 Å². The van der Waals surface area contributed by atoms with Crippen LogP contribution in [0.1, 0.15) is 79.6 Å². The fourth-order valence-electron chi connectivity index (χ4n) is 8.83. The smallest absolute Gasteiger partial charge is 0.220 e. The number of hydrogen-bond donors (Lipinski definition) is 2. The monoisotopic (exact) mass is 543 g/mol. The van der Waals surface area contributed by atoms with E-state index in [9.17, 15) is 14.7 Å². The summed E-state index contributed by atoms with van der Waals surface area (Å²) in [5.74, 6) is 2.91. The summed E-state index contributed by atoms with van der Waals surface area (Å²) in [6, 6.07) is 7.11. The van der Waals surface area contributed by atoms with E-state index >= 15 is 0 Å². The van der Waals surface area contributed by atoms with Crippen molar-refractivity contribution in [1.29, 1.82) is 0 Å². The molecule has 2 N–H and O–H groups in total. The summed E-state index contributed by atoms with van der Waals surface area (Å²) in [4.78, 5) is 22.5. The molecule has 3 fully saturated rings. The van der Waals surface area contributed by atoms with Gasteiger partial charge in [0.15, 0.2) is 5.76 Å². The van der Waals surface area contributed by atoms with Gasteiger partial charge in [0.1, 0.15) is 5.75 Å². The number of rotatable bonds is 3. The maximum atomic E-state index is 12.5. The first-order valence-electron chi connectivity index (χ1n) is 14.9. The molecule has 40 heavy (non-hydrogen) atoms. The van der Waals surface area contributed by atoms with Crippen LogP contribution in [-0.2, 0) is 9.59 Å². The molecule has 1 amide bonds. The first-order chi connectivity index (χ1) is 19.0. The largest absolute Gasteiger partial charge is 0.504 e. The summed E-state index contributed by atoms with van der Waals surface area (Å²) < 4.78 is 4.93. The maximum absolute atomic E-state index is 12.5. The molecule has 0 spiro atoms. The normalized spacial score (nSPS) is 36.2. The molecular weight excluding hydrogens is 498 g/mol. The lowest BCUT2D eigenvalue weighted by Crippen LogP contribution is -2.55. The Balaban J connectivity index is 0.000000248. The Labute approximate surface area is 239 Å². The van der Waals surface area contributed by atoms with Gasteiger partial charge in [-0.15, -0.1) is 0 Å². The number of amides is 1. The minimum absolute atomic E-state index is 0.0787. The van der Waals surface area contributed by atoms with Gasteiger partial charge in [0.25, 0.3) is 0 Å². The molecule has 0 bridgehead atoms. The van der Waals surface area contributed by atoms with Crippen molar-refractivity contribution in [2.45, 2.75) is 79.6 Å². The average molecular weight is 544 g/mol. The molecule has 0 saturated heterocycles. The van der Waals surface area contributed by atoms with Crippen molar-refractivity contribution in [1.82, 2.24) is 0 Å². The average Bonchev–Trinajstić information content (AvgIpc) is 2.94. The lowest BCUT2D eigenvalue weighted by Gasteiger charge is -2.64. The molecule has 1 aromatic rings. The van der Waals surface area contributed by atoms with E-state index in [1.807, 2.05) is 6.92 Å². The third-order valence-electron chi connectivity index (χ3n) is 11.3. The molecular formula is C35H45NO4. The van der Waals surface area contributed by atoms with Crippen LogP contribution < -0.4 is 10.1 Å². The zero-order chi connectivity index (χ0) is 28.9. The Hall–Kier alpha value is -3.08. The minimum atomic E-state index is -0.221. The van der Waals surface area contributed by atoms with Crippen LogP contribution in [0.5, 0.6) is 5.75 Å². The fraction of sp³-hybridized carbons (Fsp3) is 0.543. The van der Waals surface area contributed by atoms with E-state index < -0.39 is 0 Å². The Morgan fingerprint density at radius 1 is 1.00 bits per heavy atom. The van der Waals surface area contributed by atoms with Crippen LogP contribution in [0.2, 0.25) is 0 Å². The summed E-state index contributed by atoms with van der Waals surface area (Å²) >= 11 is 0. The number of allylic oxidation sites excluding steroid dienone is 7.